The van der Waals surface area contributed by atoms with Gasteiger partial charge in [-0.25, -0.2) is 4.79 Å². The lowest BCUT2D eigenvalue weighted by Crippen LogP contribution is -2.31. The number of benzene rings is 2. The summed E-state index contributed by atoms with van der Waals surface area (Å²) in [4.78, 5) is 23.7. The Labute approximate surface area is 153 Å². The van der Waals surface area contributed by atoms with E-state index in [9.17, 15) is 9.59 Å². The van der Waals surface area contributed by atoms with Crippen LogP contribution in [0, 0.1) is 0 Å². The molecule has 0 heterocycles. The minimum atomic E-state index is -0.935. The monoisotopic (exact) mass is 411 g/mol. The number of hydrogen-bond acceptors (Lipinski definition) is 4. The molecule has 0 aromatic heterocycles. The summed E-state index contributed by atoms with van der Waals surface area (Å²) in [5.74, 6) is -0.566. The molecule has 7 heteroatoms. The fourth-order valence-corrected chi connectivity index (χ4v) is 2.13. The van der Waals surface area contributed by atoms with Crippen LogP contribution in [-0.4, -0.2) is 24.6 Å². The quantitative estimate of drug-likeness (QED) is 0.727. The van der Waals surface area contributed by atoms with Gasteiger partial charge in [-0.05, 0) is 55.5 Å². The van der Waals surface area contributed by atoms with Crippen molar-refractivity contribution in [2.24, 2.45) is 0 Å². The molecule has 2 aromatic rings. The molecule has 1 N–H and O–H groups in total. The Bertz CT molecular complexity index is 704. The lowest BCUT2D eigenvalue weighted by atomic mass is 10.3. The van der Waals surface area contributed by atoms with Crippen LogP contribution >= 0.6 is 27.5 Å². The number of carbonyl (C=O) groups excluding carboxylic acids is 2. The Hall–Kier alpha value is -2.05. The molecule has 0 spiro atoms. The number of ether oxygens (including phenoxy) is 2. The van der Waals surface area contributed by atoms with Gasteiger partial charge in [-0.1, -0.05) is 27.5 Å². The van der Waals surface area contributed by atoms with E-state index < -0.39 is 18.0 Å². The van der Waals surface area contributed by atoms with Crippen molar-refractivity contribution in [3.63, 3.8) is 0 Å². The van der Waals surface area contributed by atoms with E-state index in [2.05, 4.69) is 21.2 Å². The molecule has 2 aromatic carbocycles. The Morgan fingerprint density at radius 1 is 1.12 bits per heavy atom. The van der Waals surface area contributed by atoms with Gasteiger partial charge < -0.3 is 14.8 Å². The van der Waals surface area contributed by atoms with E-state index in [0.717, 1.165) is 4.47 Å². The molecule has 0 aliphatic carbocycles. The zero-order valence-electron chi connectivity index (χ0n) is 12.8. The van der Waals surface area contributed by atoms with Crippen LogP contribution in [0.3, 0.4) is 0 Å². The number of rotatable bonds is 6. The van der Waals surface area contributed by atoms with Gasteiger partial charge in [-0.15, -0.1) is 0 Å². The van der Waals surface area contributed by atoms with Crippen LogP contribution in [-0.2, 0) is 14.3 Å². The van der Waals surface area contributed by atoms with Gasteiger partial charge in [0, 0.05) is 15.2 Å². The maximum absolute atomic E-state index is 12.0. The summed E-state index contributed by atoms with van der Waals surface area (Å²) in [6.45, 7) is 1.20. The number of anilines is 1. The summed E-state index contributed by atoms with van der Waals surface area (Å²) in [5, 5.41) is 3.23. The van der Waals surface area contributed by atoms with Crippen LogP contribution in [0.4, 0.5) is 5.69 Å². The lowest BCUT2D eigenvalue weighted by molar-refractivity contribution is -0.155. The number of nitrogens with one attached hydrogen (secondary N) is 1. The highest BCUT2D eigenvalue weighted by molar-refractivity contribution is 9.10. The Kier molecular flexibility index (Phi) is 6.63. The average molecular weight is 413 g/mol. The Morgan fingerprint density at radius 2 is 1.75 bits per heavy atom. The highest BCUT2D eigenvalue weighted by atomic mass is 79.9. The summed E-state index contributed by atoms with van der Waals surface area (Å²) < 4.78 is 11.2. The number of hydrogen-bond donors (Lipinski definition) is 1. The second-order valence-corrected chi connectivity index (χ2v) is 6.22. The van der Waals surface area contributed by atoms with Crippen LogP contribution in [0.5, 0.6) is 5.75 Å². The summed E-state index contributed by atoms with van der Waals surface area (Å²) in [7, 11) is 0. The van der Waals surface area contributed by atoms with Gasteiger partial charge in [0.1, 0.15) is 5.75 Å². The fraction of sp³-hybridized carbons (Fsp3) is 0.176. The molecule has 2 rings (SSSR count). The van der Waals surface area contributed by atoms with E-state index in [4.69, 9.17) is 21.1 Å². The minimum absolute atomic E-state index is 0.294. The standard InChI is InChI=1S/C17H15BrClNO4/c1-11(17(22)20-14-6-2-12(18)3-7-14)24-16(21)10-23-15-8-4-13(19)5-9-15/h2-9,11H,10H2,1H3,(H,20,22). The van der Waals surface area contributed by atoms with Crippen molar-refractivity contribution >= 4 is 45.1 Å². The van der Waals surface area contributed by atoms with Gasteiger partial charge in [0.05, 0.1) is 0 Å². The minimum Gasteiger partial charge on any atom is -0.482 e. The first kappa shape index (κ1) is 18.3. The van der Waals surface area contributed by atoms with E-state index in [-0.39, 0.29) is 6.61 Å². The molecule has 0 fully saturated rings. The van der Waals surface area contributed by atoms with Crippen molar-refractivity contribution in [2.75, 3.05) is 11.9 Å². The number of carbonyl (C=O) groups is 2. The van der Waals surface area contributed by atoms with Crippen molar-refractivity contribution in [1.82, 2.24) is 0 Å². The van der Waals surface area contributed by atoms with E-state index in [0.29, 0.717) is 16.5 Å². The highest BCUT2D eigenvalue weighted by Gasteiger charge is 2.18. The summed E-state index contributed by atoms with van der Waals surface area (Å²) >= 11 is 9.07. The second-order valence-electron chi connectivity index (χ2n) is 4.87. The second kappa shape index (κ2) is 8.70. The van der Waals surface area contributed by atoms with Crippen molar-refractivity contribution < 1.29 is 19.1 Å². The van der Waals surface area contributed by atoms with E-state index in [1.807, 2.05) is 0 Å². The van der Waals surface area contributed by atoms with Crippen LogP contribution in [0.2, 0.25) is 5.02 Å². The van der Waals surface area contributed by atoms with Gasteiger partial charge >= 0.3 is 5.97 Å². The van der Waals surface area contributed by atoms with Gasteiger partial charge in [0.2, 0.25) is 0 Å². The molecule has 0 saturated heterocycles. The van der Waals surface area contributed by atoms with Crippen LogP contribution < -0.4 is 10.1 Å². The molecule has 0 radical (unpaired) electrons. The Morgan fingerprint density at radius 3 is 2.38 bits per heavy atom. The summed E-state index contributed by atoms with van der Waals surface area (Å²) in [6.07, 6.45) is -0.935. The zero-order chi connectivity index (χ0) is 17.5. The average Bonchev–Trinajstić information content (AvgIpc) is 2.56. The van der Waals surface area contributed by atoms with Crippen LogP contribution in [0.1, 0.15) is 6.92 Å². The maximum atomic E-state index is 12.0. The first-order valence-electron chi connectivity index (χ1n) is 7.08. The predicted octanol–water partition coefficient (Wildman–Crippen LogP) is 4.05. The van der Waals surface area contributed by atoms with E-state index >= 15 is 0 Å². The van der Waals surface area contributed by atoms with E-state index in [1.165, 1.54) is 6.92 Å². The first-order valence-corrected chi connectivity index (χ1v) is 8.25. The molecular weight excluding hydrogens is 398 g/mol. The third-order valence-corrected chi connectivity index (χ3v) is 3.74. The van der Waals surface area contributed by atoms with Crippen LogP contribution in [0.25, 0.3) is 0 Å². The third kappa shape index (κ3) is 5.86. The molecule has 24 heavy (non-hydrogen) atoms. The zero-order valence-corrected chi connectivity index (χ0v) is 15.1. The molecule has 0 saturated carbocycles. The number of esters is 1. The van der Waals surface area contributed by atoms with Crippen molar-refractivity contribution in [3.8, 4) is 5.75 Å². The number of halogens is 2. The van der Waals surface area contributed by atoms with Crippen LogP contribution in [0.15, 0.2) is 53.0 Å². The van der Waals surface area contributed by atoms with Gasteiger partial charge in [-0.2, -0.15) is 0 Å². The summed E-state index contributed by atoms with van der Waals surface area (Å²) in [5.41, 5.74) is 0.614. The molecule has 126 valence electrons. The van der Waals surface area contributed by atoms with E-state index in [1.54, 1.807) is 48.5 Å². The molecule has 1 atom stereocenters. The summed E-state index contributed by atoms with van der Waals surface area (Å²) in [6, 6.07) is 13.6. The SMILES string of the molecule is CC(OC(=O)COc1ccc(Cl)cc1)C(=O)Nc1ccc(Br)cc1. The highest BCUT2D eigenvalue weighted by Crippen LogP contribution is 2.16. The molecule has 5 nitrogen and oxygen atoms in total. The first-order chi connectivity index (χ1) is 11.4. The molecule has 1 unspecified atom stereocenters. The molecule has 0 aliphatic heterocycles. The van der Waals surface area contributed by atoms with Crippen molar-refractivity contribution in [3.05, 3.63) is 58.0 Å². The smallest absolute Gasteiger partial charge is 0.344 e. The lowest BCUT2D eigenvalue weighted by Gasteiger charge is -2.14. The molecule has 0 bridgehead atoms. The van der Waals surface area contributed by atoms with Crippen molar-refractivity contribution in [2.45, 2.75) is 13.0 Å². The predicted molar refractivity (Wildman–Crippen MR) is 95.3 cm³/mol. The van der Waals surface area contributed by atoms with Gasteiger partial charge in [0.15, 0.2) is 12.7 Å². The van der Waals surface area contributed by atoms with Gasteiger partial charge in [0.25, 0.3) is 5.91 Å². The molecule has 1 amide bonds. The van der Waals surface area contributed by atoms with Crippen molar-refractivity contribution in [1.29, 1.82) is 0 Å². The Balaban J connectivity index is 1.78. The largest absolute Gasteiger partial charge is 0.482 e. The number of amides is 1. The fourth-order valence-electron chi connectivity index (χ4n) is 1.73. The maximum Gasteiger partial charge on any atom is 0.344 e. The van der Waals surface area contributed by atoms with Gasteiger partial charge in [-0.3, -0.25) is 4.79 Å². The normalized spacial score (nSPS) is 11.5. The third-order valence-electron chi connectivity index (χ3n) is 2.96. The molecular formula is C17H15BrClNO4. The topological polar surface area (TPSA) is 64.6 Å². The molecule has 0 aliphatic rings.